The van der Waals surface area contributed by atoms with E-state index in [1.165, 1.54) is 6.42 Å². The van der Waals surface area contributed by atoms with Crippen LogP contribution in [0.3, 0.4) is 0 Å². The molecule has 4 heteroatoms. The minimum absolute atomic E-state index is 0.0119. The van der Waals surface area contributed by atoms with Crippen LogP contribution in [-0.2, 0) is 9.47 Å². The minimum atomic E-state index is -0.0119. The molecule has 2 aliphatic rings. The second-order valence-corrected chi connectivity index (χ2v) is 6.24. The highest BCUT2D eigenvalue weighted by Gasteiger charge is 2.44. The van der Waals surface area contributed by atoms with Gasteiger partial charge in [0.15, 0.2) is 0 Å². The first-order valence-electron chi connectivity index (χ1n) is 7.15. The summed E-state index contributed by atoms with van der Waals surface area (Å²) < 4.78 is 11.4. The molecule has 2 saturated heterocycles. The summed E-state index contributed by atoms with van der Waals surface area (Å²) in [4.78, 5) is 2.57. The number of piperidine rings is 1. The van der Waals surface area contributed by atoms with Crippen LogP contribution in [0.5, 0.6) is 0 Å². The topological polar surface area (TPSA) is 47.7 Å². The molecule has 0 aromatic rings. The first kappa shape index (κ1) is 14.3. The second kappa shape index (κ2) is 5.45. The molecule has 2 N–H and O–H groups in total. The van der Waals surface area contributed by atoms with Crippen LogP contribution in [0.15, 0.2) is 0 Å². The molecule has 4 nitrogen and oxygen atoms in total. The van der Waals surface area contributed by atoms with E-state index in [0.717, 1.165) is 45.5 Å². The third-order valence-corrected chi connectivity index (χ3v) is 4.84. The molecule has 3 atom stereocenters. The normalized spacial score (nSPS) is 43.0. The monoisotopic (exact) mass is 256 g/mol. The third-order valence-electron chi connectivity index (χ3n) is 4.84. The van der Waals surface area contributed by atoms with Crippen molar-refractivity contribution in [1.82, 2.24) is 4.90 Å². The SMILES string of the molecule is COC1(C)CCCN(C2(CN)CCOC(C)C2)C1. The average molecular weight is 256 g/mol. The van der Waals surface area contributed by atoms with Crippen molar-refractivity contribution in [2.45, 2.75) is 56.8 Å². The molecule has 0 bridgehead atoms. The third kappa shape index (κ3) is 2.72. The fraction of sp³-hybridized carbons (Fsp3) is 1.00. The summed E-state index contributed by atoms with van der Waals surface area (Å²) in [6.07, 6.45) is 4.75. The number of nitrogens with zero attached hydrogens (tertiary/aromatic N) is 1. The Morgan fingerprint density at radius 2 is 2.22 bits per heavy atom. The number of likely N-dealkylation sites (tertiary alicyclic amines) is 1. The molecule has 0 radical (unpaired) electrons. The van der Waals surface area contributed by atoms with Crippen molar-refractivity contribution in [3.63, 3.8) is 0 Å². The van der Waals surface area contributed by atoms with Crippen LogP contribution in [0.25, 0.3) is 0 Å². The summed E-state index contributed by atoms with van der Waals surface area (Å²) in [5, 5.41) is 0. The molecule has 2 rings (SSSR count). The van der Waals surface area contributed by atoms with E-state index in [9.17, 15) is 0 Å². The zero-order valence-corrected chi connectivity index (χ0v) is 12.1. The number of hydrogen-bond acceptors (Lipinski definition) is 4. The highest BCUT2D eigenvalue weighted by Crippen LogP contribution is 2.35. The molecule has 18 heavy (non-hydrogen) atoms. The standard InChI is InChI=1S/C14H28N2O2/c1-12-9-14(10-15,6-8-18-12)16-7-4-5-13(2,11-16)17-3/h12H,4-11,15H2,1-3H3. The van der Waals surface area contributed by atoms with Gasteiger partial charge in [0.2, 0.25) is 0 Å². The van der Waals surface area contributed by atoms with E-state index in [1.807, 2.05) is 7.11 Å². The molecule has 0 spiro atoms. The van der Waals surface area contributed by atoms with E-state index in [-0.39, 0.29) is 11.1 Å². The van der Waals surface area contributed by atoms with E-state index in [2.05, 4.69) is 18.7 Å². The predicted molar refractivity (Wildman–Crippen MR) is 72.7 cm³/mol. The summed E-state index contributed by atoms with van der Waals surface area (Å²) in [7, 11) is 1.82. The Morgan fingerprint density at radius 3 is 2.83 bits per heavy atom. The Bertz CT molecular complexity index is 287. The molecule has 0 amide bonds. The van der Waals surface area contributed by atoms with Gasteiger partial charge in [-0.15, -0.1) is 0 Å². The maximum atomic E-state index is 6.12. The fourth-order valence-corrected chi connectivity index (χ4v) is 3.53. The van der Waals surface area contributed by atoms with Gasteiger partial charge in [-0.25, -0.2) is 0 Å². The van der Waals surface area contributed by atoms with Crippen LogP contribution in [-0.4, -0.2) is 55.5 Å². The molecule has 2 aliphatic heterocycles. The number of rotatable bonds is 3. The molecular weight excluding hydrogens is 228 g/mol. The second-order valence-electron chi connectivity index (χ2n) is 6.24. The van der Waals surface area contributed by atoms with Crippen molar-refractivity contribution in [3.8, 4) is 0 Å². The molecule has 0 aliphatic carbocycles. The summed E-state index contributed by atoms with van der Waals surface area (Å²) >= 11 is 0. The van der Waals surface area contributed by atoms with Crippen molar-refractivity contribution >= 4 is 0 Å². The minimum Gasteiger partial charge on any atom is -0.378 e. The Hall–Kier alpha value is -0.160. The molecule has 0 aromatic carbocycles. The zero-order chi connectivity index (χ0) is 13.2. The maximum absolute atomic E-state index is 6.12. The number of ether oxygens (including phenoxy) is 2. The lowest BCUT2D eigenvalue weighted by Crippen LogP contribution is -2.63. The van der Waals surface area contributed by atoms with Gasteiger partial charge < -0.3 is 15.2 Å². The van der Waals surface area contributed by atoms with Gasteiger partial charge in [-0.2, -0.15) is 0 Å². The first-order valence-corrected chi connectivity index (χ1v) is 7.15. The van der Waals surface area contributed by atoms with Gasteiger partial charge in [-0.1, -0.05) is 0 Å². The van der Waals surface area contributed by atoms with E-state index in [1.54, 1.807) is 0 Å². The van der Waals surface area contributed by atoms with Gasteiger partial charge in [0.05, 0.1) is 11.7 Å². The van der Waals surface area contributed by atoms with Gasteiger partial charge in [0.25, 0.3) is 0 Å². The Labute approximate surface area is 111 Å². The molecule has 0 aromatic heterocycles. The Morgan fingerprint density at radius 1 is 1.44 bits per heavy atom. The lowest BCUT2D eigenvalue weighted by molar-refractivity contribution is -0.116. The molecular formula is C14H28N2O2. The largest absolute Gasteiger partial charge is 0.378 e. The first-order chi connectivity index (χ1) is 8.53. The van der Waals surface area contributed by atoms with Gasteiger partial charge >= 0.3 is 0 Å². The van der Waals surface area contributed by atoms with Crippen LogP contribution in [0, 0.1) is 0 Å². The van der Waals surface area contributed by atoms with E-state index >= 15 is 0 Å². The quantitative estimate of drug-likeness (QED) is 0.829. The van der Waals surface area contributed by atoms with E-state index in [0.29, 0.717) is 6.10 Å². The molecule has 0 saturated carbocycles. The Balaban J connectivity index is 2.11. The molecule has 106 valence electrons. The van der Waals surface area contributed by atoms with Crippen molar-refractivity contribution in [3.05, 3.63) is 0 Å². The number of nitrogens with two attached hydrogens (primary N) is 1. The van der Waals surface area contributed by atoms with E-state index < -0.39 is 0 Å². The zero-order valence-electron chi connectivity index (χ0n) is 12.1. The average Bonchev–Trinajstić information content (AvgIpc) is 2.38. The smallest absolute Gasteiger partial charge is 0.0777 e. The number of methoxy groups -OCH3 is 1. The molecule has 2 heterocycles. The summed E-state index contributed by atoms with van der Waals surface area (Å²) in [6, 6.07) is 0. The molecule has 2 fully saturated rings. The van der Waals surface area contributed by atoms with Gasteiger partial charge in [0.1, 0.15) is 0 Å². The van der Waals surface area contributed by atoms with Crippen LogP contribution in [0.2, 0.25) is 0 Å². The predicted octanol–water partition coefficient (Wildman–Crippen LogP) is 1.38. The van der Waals surface area contributed by atoms with Crippen LogP contribution >= 0.6 is 0 Å². The van der Waals surface area contributed by atoms with Gasteiger partial charge in [0, 0.05) is 32.3 Å². The summed E-state index contributed by atoms with van der Waals surface area (Å²) in [5.74, 6) is 0. The van der Waals surface area contributed by atoms with Crippen LogP contribution in [0.1, 0.15) is 39.5 Å². The van der Waals surface area contributed by atoms with Crippen molar-refractivity contribution in [1.29, 1.82) is 0 Å². The van der Waals surface area contributed by atoms with Gasteiger partial charge in [-0.3, -0.25) is 4.90 Å². The fourth-order valence-electron chi connectivity index (χ4n) is 3.53. The highest BCUT2D eigenvalue weighted by atomic mass is 16.5. The maximum Gasteiger partial charge on any atom is 0.0777 e. The van der Waals surface area contributed by atoms with Crippen LogP contribution in [0.4, 0.5) is 0 Å². The summed E-state index contributed by atoms with van der Waals surface area (Å²) in [5.41, 5.74) is 6.23. The lowest BCUT2D eigenvalue weighted by Gasteiger charge is -2.52. The van der Waals surface area contributed by atoms with E-state index in [4.69, 9.17) is 15.2 Å². The van der Waals surface area contributed by atoms with Crippen LogP contribution < -0.4 is 5.73 Å². The van der Waals surface area contributed by atoms with Crippen molar-refractivity contribution < 1.29 is 9.47 Å². The van der Waals surface area contributed by atoms with Crippen molar-refractivity contribution in [2.24, 2.45) is 5.73 Å². The Kier molecular flexibility index (Phi) is 4.32. The van der Waals surface area contributed by atoms with Crippen molar-refractivity contribution in [2.75, 3.05) is 33.4 Å². The summed E-state index contributed by atoms with van der Waals surface area (Å²) in [6.45, 7) is 8.06. The number of hydrogen-bond donors (Lipinski definition) is 1. The van der Waals surface area contributed by atoms with Gasteiger partial charge in [-0.05, 0) is 46.1 Å². The highest BCUT2D eigenvalue weighted by molar-refractivity contribution is 5.00. The lowest BCUT2D eigenvalue weighted by atomic mass is 9.81. The molecule has 3 unspecified atom stereocenters.